The maximum atomic E-state index is 12.3. The lowest BCUT2D eigenvalue weighted by molar-refractivity contribution is 0.0954. The molecule has 0 saturated heterocycles. The molecule has 4 aromatic rings. The SMILES string of the molecule is Cc1ccc(C(=O)NCCc2nnc3ccc(SCc4cc(C)ccc4C)nn23)cc1. The monoisotopic (exact) mass is 431 g/mol. The zero-order chi connectivity index (χ0) is 21.8. The van der Waals surface area contributed by atoms with Crippen molar-refractivity contribution >= 4 is 23.3 Å². The molecule has 0 aliphatic rings. The molecule has 0 unspecified atom stereocenters. The standard InChI is InChI=1S/C24H25N5OS/c1-16-5-8-19(9-6-16)24(30)25-13-12-22-27-26-21-10-11-23(28-29(21)22)31-15-20-14-17(2)4-7-18(20)3/h4-11,14H,12-13,15H2,1-3H3,(H,25,30). The van der Waals surface area contributed by atoms with Crippen molar-refractivity contribution in [2.75, 3.05) is 6.54 Å². The van der Waals surface area contributed by atoms with E-state index in [0.29, 0.717) is 24.2 Å². The summed E-state index contributed by atoms with van der Waals surface area (Å²) in [6.45, 7) is 6.71. The number of nitrogens with one attached hydrogen (secondary N) is 1. The zero-order valence-corrected chi connectivity index (χ0v) is 18.7. The maximum Gasteiger partial charge on any atom is 0.251 e. The van der Waals surface area contributed by atoms with Gasteiger partial charge in [-0.05, 0) is 56.2 Å². The van der Waals surface area contributed by atoms with Crippen LogP contribution < -0.4 is 5.32 Å². The van der Waals surface area contributed by atoms with Gasteiger partial charge in [0, 0.05) is 24.3 Å². The number of aromatic nitrogens is 4. The molecule has 0 radical (unpaired) electrons. The molecule has 0 aliphatic heterocycles. The number of fused-ring (bicyclic) bond motifs is 1. The summed E-state index contributed by atoms with van der Waals surface area (Å²) in [6, 6.07) is 17.9. The third kappa shape index (κ3) is 5.11. The van der Waals surface area contributed by atoms with Crippen molar-refractivity contribution in [1.29, 1.82) is 0 Å². The van der Waals surface area contributed by atoms with E-state index >= 15 is 0 Å². The molecule has 31 heavy (non-hydrogen) atoms. The Morgan fingerprint density at radius 2 is 1.74 bits per heavy atom. The summed E-state index contributed by atoms with van der Waals surface area (Å²) in [5.74, 6) is 1.50. The fourth-order valence-corrected chi connectivity index (χ4v) is 4.17. The molecular weight excluding hydrogens is 406 g/mol. The van der Waals surface area contributed by atoms with Crippen molar-refractivity contribution < 1.29 is 4.79 Å². The molecule has 6 nitrogen and oxygen atoms in total. The minimum Gasteiger partial charge on any atom is -0.352 e. The van der Waals surface area contributed by atoms with Crippen LogP contribution in [0.25, 0.3) is 5.65 Å². The summed E-state index contributed by atoms with van der Waals surface area (Å²) in [4.78, 5) is 12.3. The quantitative estimate of drug-likeness (QED) is 0.441. The Hall–Kier alpha value is -3.19. The van der Waals surface area contributed by atoms with Crippen LogP contribution in [0.15, 0.2) is 59.6 Å². The zero-order valence-electron chi connectivity index (χ0n) is 17.9. The number of aryl methyl sites for hydroxylation is 3. The van der Waals surface area contributed by atoms with E-state index in [0.717, 1.165) is 22.2 Å². The van der Waals surface area contributed by atoms with Crippen molar-refractivity contribution in [3.63, 3.8) is 0 Å². The van der Waals surface area contributed by atoms with Gasteiger partial charge in [-0.3, -0.25) is 4.79 Å². The van der Waals surface area contributed by atoms with Crippen LogP contribution in [0.4, 0.5) is 0 Å². The molecule has 2 aromatic carbocycles. The van der Waals surface area contributed by atoms with Crippen LogP contribution in [0.2, 0.25) is 0 Å². The number of rotatable bonds is 7. The van der Waals surface area contributed by atoms with Gasteiger partial charge in [-0.1, -0.05) is 53.2 Å². The molecule has 0 saturated carbocycles. The third-order valence-corrected chi connectivity index (χ3v) is 6.10. The average molecular weight is 432 g/mol. The first-order valence-corrected chi connectivity index (χ1v) is 11.2. The number of hydrogen-bond donors (Lipinski definition) is 1. The van der Waals surface area contributed by atoms with Gasteiger partial charge in [0.05, 0.1) is 0 Å². The molecule has 0 bridgehead atoms. The first-order chi connectivity index (χ1) is 15.0. The van der Waals surface area contributed by atoms with Gasteiger partial charge in [0.1, 0.15) is 5.03 Å². The van der Waals surface area contributed by atoms with Crippen LogP contribution in [-0.2, 0) is 12.2 Å². The number of hydrogen-bond acceptors (Lipinski definition) is 5. The molecule has 2 heterocycles. The van der Waals surface area contributed by atoms with Gasteiger partial charge in [-0.25, -0.2) is 0 Å². The number of carbonyl (C=O) groups is 1. The first kappa shape index (κ1) is 21.1. The van der Waals surface area contributed by atoms with Gasteiger partial charge in [0.25, 0.3) is 5.91 Å². The van der Waals surface area contributed by atoms with Crippen LogP contribution in [0, 0.1) is 20.8 Å². The molecular formula is C24H25N5OS. The van der Waals surface area contributed by atoms with Gasteiger partial charge < -0.3 is 5.32 Å². The number of amides is 1. The number of thioether (sulfide) groups is 1. The second kappa shape index (κ2) is 9.31. The molecule has 0 fully saturated rings. The van der Waals surface area contributed by atoms with Crippen LogP contribution in [-0.4, -0.2) is 32.3 Å². The lowest BCUT2D eigenvalue weighted by Gasteiger charge is -2.07. The Labute approximate surface area is 186 Å². The molecule has 0 atom stereocenters. The van der Waals surface area contributed by atoms with Crippen LogP contribution in [0.1, 0.15) is 38.4 Å². The van der Waals surface area contributed by atoms with E-state index in [9.17, 15) is 4.79 Å². The molecule has 1 amide bonds. The van der Waals surface area contributed by atoms with Crippen molar-refractivity contribution in [2.45, 2.75) is 38.0 Å². The Balaban J connectivity index is 1.40. The molecule has 0 spiro atoms. The predicted octanol–water partition coefficient (Wildman–Crippen LogP) is 4.31. The van der Waals surface area contributed by atoms with Gasteiger partial charge in [0.2, 0.25) is 0 Å². The van der Waals surface area contributed by atoms with E-state index in [-0.39, 0.29) is 5.91 Å². The van der Waals surface area contributed by atoms with Crippen LogP contribution in [0.3, 0.4) is 0 Å². The van der Waals surface area contributed by atoms with Gasteiger partial charge in [-0.15, -0.1) is 10.2 Å². The Bertz CT molecular complexity index is 1220. The number of carbonyl (C=O) groups excluding carboxylic acids is 1. The second-order valence-corrected chi connectivity index (χ2v) is 8.64. The molecule has 4 rings (SSSR count). The third-order valence-electron chi connectivity index (χ3n) is 5.13. The normalized spacial score (nSPS) is 11.1. The van der Waals surface area contributed by atoms with Crippen molar-refractivity contribution in [2.24, 2.45) is 0 Å². The topological polar surface area (TPSA) is 72.2 Å². The smallest absolute Gasteiger partial charge is 0.251 e. The van der Waals surface area contributed by atoms with E-state index in [1.807, 2.05) is 43.3 Å². The second-order valence-electron chi connectivity index (χ2n) is 7.65. The van der Waals surface area contributed by atoms with Crippen molar-refractivity contribution in [3.05, 3.63) is 88.2 Å². The summed E-state index contributed by atoms with van der Waals surface area (Å²) in [5, 5.41) is 17.0. The van der Waals surface area contributed by atoms with E-state index in [1.165, 1.54) is 16.7 Å². The highest BCUT2D eigenvalue weighted by Gasteiger charge is 2.10. The summed E-state index contributed by atoms with van der Waals surface area (Å²) >= 11 is 1.69. The largest absolute Gasteiger partial charge is 0.352 e. The fraction of sp³-hybridized carbons (Fsp3) is 0.250. The lowest BCUT2D eigenvalue weighted by Crippen LogP contribution is -2.26. The Morgan fingerprint density at radius 1 is 0.968 bits per heavy atom. The highest BCUT2D eigenvalue weighted by atomic mass is 32.2. The molecule has 2 aromatic heterocycles. The van der Waals surface area contributed by atoms with E-state index in [2.05, 4.69) is 47.6 Å². The van der Waals surface area contributed by atoms with E-state index < -0.39 is 0 Å². The number of benzene rings is 2. The predicted molar refractivity (Wildman–Crippen MR) is 123 cm³/mol. The summed E-state index contributed by atoms with van der Waals surface area (Å²) < 4.78 is 1.77. The summed E-state index contributed by atoms with van der Waals surface area (Å²) in [6.07, 6.45) is 0.552. The molecule has 7 heteroatoms. The van der Waals surface area contributed by atoms with Crippen LogP contribution in [0.5, 0.6) is 0 Å². The van der Waals surface area contributed by atoms with Gasteiger partial charge in [-0.2, -0.15) is 9.61 Å². The maximum absolute atomic E-state index is 12.3. The molecule has 1 N–H and O–H groups in total. The summed E-state index contributed by atoms with van der Waals surface area (Å²) in [5.41, 5.74) is 6.35. The average Bonchev–Trinajstić information content (AvgIpc) is 3.17. The van der Waals surface area contributed by atoms with Crippen molar-refractivity contribution in [1.82, 2.24) is 25.1 Å². The minimum atomic E-state index is -0.0912. The highest BCUT2D eigenvalue weighted by Crippen LogP contribution is 2.23. The van der Waals surface area contributed by atoms with E-state index in [1.54, 1.807) is 16.3 Å². The highest BCUT2D eigenvalue weighted by molar-refractivity contribution is 7.98. The van der Waals surface area contributed by atoms with Crippen LogP contribution >= 0.6 is 11.8 Å². The Kier molecular flexibility index (Phi) is 6.32. The molecule has 158 valence electrons. The Morgan fingerprint density at radius 3 is 2.55 bits per heavy atom. The summed E-state index contributed by atoms with van der Waals surface area (Å²) in [7, 11) is 0. The minimum absolute atomic E-state index is 0.0912. The van der Waals surface area contributed by atoms with E-state index in [4.69, 9.17) is 5.10 Å². The number of nitrogens with zero attached hydrogens (tertiary/aromatic N) is 4. The van der Waals surface area contributed by atoms with Gasteiger partial charge in [0.15, 0.2) is 11.5 Å². The van der Waals surface area contributed by atoms with Crippen molar-refractivity contribution in [3.8, 4) is 0 Å². The lowest BCUT2D eigenvalue weighted by atomic mass is 10.1. The van der Waals surface area contributed by atoms with Gasteiger partial charge >= 0.3 is 0 Å². The first-order valence-electron chi connectivity index (χ1n) is 10.2. The fourth-order valence-electron chi connectivity index (χ4n) is 3.25. The molecule has 0 aliphatic carbocycles.